The third kappa shape index (κ3) is 3.91. The number of hydrogen-bond acceptors (Lipinski definition) is 4. The maximum atomic E-state index is 12.4. The zero-order valence-electron chi connectivity index (χ0n) is 12.0. The van der Waals surface area contributed by atoms with Gasteiger partial charge in [-0.25, -0.2) is 0 Å². The maximum absolute atomic E-state index is 12.4. The molecule has 2 saturated heterocycles. The lowest BCUT2D eigenvalue weighted by atomic mass is 10.1. The monoisotopic (exact) mass is 305 g/mol. The van der Waals surface area contributed by atoms with Gasteiger partial charge in [-0.3, -0.25) is 4.79 Å². The van der Waals surface area contributed by atoms with Crippen LogP contribution in [0.2, 0.25) is 0 Å². The molecule has 0 radical (unpaired) electrons. The molecule has 2 N–H and O–H groups in total. The first-order valence-corrected chi connectivity index (χ1v) is 8.53. The van der Waals surface area contributed by atoms with E-state index in [1.54, 1.807) is 0 Å². The molecule has 2 heterocycles. The largest absolute Gasteiger partial charge is 0.373 e. The Labute approximate surface area is 120 Å². The molecule has 0 aromatic carbocycles. The first-order valence-electron chi connectivity index (χ1n) is 7.09. The van der Waals surface area contributed by atoms with E-state index >= 15 is 0 Å². The zero-order chi connectivity index (χ0) is 14.8. The number of nitrogens with one attached hydrogen (secondary N) is 2. The van der Waals surface area contributed by atoms with Gasteiger partial charge in [-0.15, -0.1) is 0 Å². The molecule has 1 amide bonds. The number of amides is 1. The van der Waals surface area contributed by atoms with Gasteiger partial charge in [-0.1, -0.05) is 0 Å². The summed E-state index contributed by atoms with van der Waals surface area (Å²) in [6.07, 6.45) is 1.98. The van der Waals surface area contributed by atoms with Crippen LogP contribution < -0.4 is 10.0 Å². The Kier molecular flexibility index (Phi) is 5.00. The number of nitrogens with zero attached hydrogens (tertiary/aromatic N) is 1. The molecule has 0 unspecified atom stereocenters. The number of carbonyl (C=O) groups is 1. The van der Waals surface area contributed by atoms with E-state index in [2.05, 4.69) is 10.0 Å². The predicted octanol–water partition coefficient (Wildman–Crippen LogP) is -0.401. The van der Waals surface area contributed by atoms with Crippen molar-refractivity contribution in [2.45, 2.75) is 51.4 Å². The fourth-order valence-corrected chi connectivity index (χ4v) is 4.18. The number of ether oxygens (including phenoxy) is 1. The highest BCUT2D eigenvalue weighted by Crippen LogP contribution is 2.15. The summed E-state index contributed by atoms with van der Waals surface area (Å²) in [5, 5.41) is 2.73. The maximum Gasteiger partial charge on any atom is 0.280 e. The van der Waals surface area contributed by atoms with Gasteiger partial charge in [0.15, 0.2) is 0 Å². The Balaban J connectivity index is 2.04. The number of morpholine rings is 1. The molecule has 7 nitrogen and oxygen atoms in total. The molecule has 116 valence electrons. The number of carbonyl (C=O) groups excluding carboxylic acids is 1. The number of rotatable bonds is 3. The lowest BCUT2D eigenvalue weighted by Crippen LogP contribution is -2.55. The van der Waals surface area contributed by atoms with Crippen LogP contribution in [0.3, 0.4) is 0 Å². The van der Waals surface area contributed by atoms with Crippen molar-refractivity contribution < 1.29 is 17.9 Å². The Bertz CT molecular complexity index is 444. The van der Waals surface area contributed by atoms with E-state index in [0.29, 0.717) is 26.1 Å². The second-order valence-corrected chi connectivity index (χ2v) is 7.24. The van der Waals surface area contributed by atoms with Gasteiger partial charge >= 0.3 is 0 Å². The summed E-state index contributed by atoms with van der Waals surface area (Å²) in [4.78, 5) is 11.8. The van der Waals surface area contributed by atoms with E-state index in [9.17, 15) is 13.2 Å². The van der Waals surface area contributed by atoms with Crippen LogP contribution in [-0.2, 0) is 19.7 Å². The van der Waals surface area contributed by atoms with Crippen molar-refractivity contribution in [2.24, 2.45) is 0 Å². The highest BCUT2D eigenvalue weighted by Gasteiger charge is 2.34. The molecular weight excluding hydrogens is 282 g/mol. The van der Waals surface area contributed by atoms with Gasteiger partial charge < -0.3 is 10.1 Å². The zero-order valence-corrected chi connectivity index (χ0v) is 12.8. The molecule has 2 aliphatic heterocycles. The Morgan fingerprint density at radius 2 is 1.90 bits per heavy atom. The minimum atomic E-state index is -3.66. The van der Waals surface area contributed by atoms with E-state index in [1.807, 2.05) is 13.8 Å². The average Bonchev–Trinajstić information content (AvgIpc) is 2.53. The summed E-state index contributed by atoms with van der Waals surface area (Å²) in [5.74, 6) is -0.236. The van der Waals surface area contributed by atoms with Gasteiger partial charge in [0.1, 0.15) is 6.04 Å². The van der Waals surface area contributed by atoms with E-state index in [1.165, 1.54) is 4.31 Å². The Morgan fingerprint density at radius 3 is 2.55 bits per heavy atom. The summed E-state index contributed by atoms with van der Waals surface area (Å²) in [5.41, 5.74) is 0. The van der Waals surface area contributed by atoms with Crippen LogP contribution in [0, 0.1) is 0 Å². The van der Waals surface area contributed by atoms with Gasteiger partial charge in [-0.2, -0.15) is 17.4 Å². The van der Waals surface area contributed by atoms with Crippen molar-refractivity contribution in [3.63, 3.8) is 0 Å². The van der Waals surface area contributed by atoms with Gasteiger partial charge in [0.2, 0.25) is 5.91 Å². The smallest absolute Gasteiger partial charge is 0.280 e. The summed E-state index contributed by atoms with van der Waals surface area (Å²) in [6.45, 7) is 4.93. The Morgan fingerprint density at radius 1 is 1.25 bits per heavy atom. The Hall–Kier alpha value is -0.700. The fourth-order valence-electron chi connectivity index (χ4n) is 2.63. The van der Waals surface area contributed by atoms with Crippen molar-refractivity contribution in [1.82, 2.24) is 14.3 Å². The van der Waals surface area contributed by atoms with Gasteiger partial charge in [0.25, 0.3) is 10.2 Å². The topological polar surface area (TPSA) is 87.7 Å². The van der Waals surface area contributed by atoms with Crippen LogP contribution >= 0.6 is 0 Å². The number of hydrogen-bond donors (Lipinski definition) is 2. The molecular formula is C12H23N3O4S. The summed E-state index contributed by atoms with van der Waals surface area (Å²) in [6, 6.07) is -0.670. The summed E-state index contributed by atoms with van der Waals surface area (Å²) in [7, 11) is -3.66. The second-order valence-electron chi connectivity index (χ2n) is 5.54. The van der Waals surface area contributed by atoms with E-state index in [4.69, 9.17) is 4.74 Å². The first kappa shape index (κ1) is 15.7. The van der Waals surface area contributed by atoms with Crippen molar-refractivity contribution in [2.75, 3.05) is 19.6 Å². The SMILES string of the molecule is C[C@@H]1CN(S(=O)(=O)N[C@H]2CCCCNC2=O)C[C@@H](C)O1. The first-order chi connectivity index (χ1) is 9.38. The van der Waals surface area contributed by atoms with Crippen LogP contribution in [-0.4, -0.2) is 56.5 Å². The molecule has 0 saturated carbocycles. The molecule has 2 aliphatic rings. The highest BCUT2D eigenvalue weighted by atomic mass is 32.2. The van der Waals surface area contributed by atoms with E-state index in [0.717, 1.165) is 12.8 Å². The summed E-state index contributed by atoms with van der Waals surface area (Å²) >= 11 is 0. The van der Waals surface area contributed by atoms with Crippen molar-refractivity contribution >= 4 is 16.1 Å². The van der Waals surface area contributed by atoms with E-state index < -0.39 is 16.3 Å². The third-order valence-electron chi connectivity index (χ3n) is 3.55. The van der Waals surface area contributed by atoms with Gasteiger partial charge in [0.05, 0.1) is 12.2 Å². The lowest BCUT2D eigenvalue weighted by molar-refractivity contribution is -0.122. The molecule has 0 bridgehead atoms. The lowest BCUT2D eigenvalue weighted by Gasteiger charge is -2.35. The highest BCUT2D eigenvalue weighted by molar-refractivity contribution is 7.87. The third-order valence-corrected chi connectivity index (χ3v) is 5.11. The standard InChI is InChI=1S/C12H23N3O4S/c1-9-7-15(8-10(2)19-9)20(17,18)14-11-5-3-4-6-13-12(11)16/h9-11,14H,3-8H2,1-2H3,(H,13,16)/t9-,10-,11+/m1/s1. The molecule has 3 atom stereocenters. The average molecular weight is 305 g/mol. The van der Waals surface area contributed by atoms with Crippen LogP contribution in [0.5, 0.6) is 0 Å². The van der Waals surface area contributed by atoms with Crippen LogP contribution in [0.1, 0.15) is 33.1 Å². The van der Waals surface area contributed by atoms with Crippen molar-refractivity contribution in [3.8, 4) is 0 Å². The minimum Gasteiger partial charge on any atom is -0.373 e. The van der Waals surface area contributed by atoms with Gasteiger partial charge in [-0.05, 0) is 33.1 Å². The molecule has 2 fully saturated rings. The predicted molar refractivity (Wildman–Crippen MR) is 74.3 cm³/mol. The second kappa shape index (κ2) is 6.38. The fraction of sp³-hybridized carbons (Fsp3) is 0.917. The quantitative estimate of drug-likeness (QED) is 0.742. The summed E-state index contributed by atoms with van der Waals surface area (Å²) < 4.78 is 34.2. The van der Waals surface area contributed by atoms with Gasteiger partial charge in [0, 0.05) is 19.6 Å². The minimum absolute atomic E-state index is 0.140. The molecule has 0 aromatic rings. The van der Waals surface area contributed by atoms with E-state index in [-0.39, 0.29) is 18.1 Å². The molecule has 20 heavy (non-hydrogen) atoms. The molecule has 0 spiro atoms. The van der Waals surface area contributed by atoms with Crippen LogP contribution in [0.4, 0.5) is 0 Å². The molecule has 2 rings (SSSR count). The molecule has 8 heteroatoms. The normalized spacial score (nSPS) is 33.5. The van der Waals surface area contributed by atoms with Crippen LogP contribution in [0.15, 0.2) is 0 Å². The van der Waals surface area contributed by atoms with Crippen LogP contribution in [0.25, 0.3) is 0 Å². The van der Waals surface area contributed by atoms with Crippen molar-refractivity contribution in [1.29, 1.82) is 0 Å². The molecule has 0 aliphatic carbocycles. The molecule has 0 aromatic heterocycles. The van der Waals surface area contributed by atoms with Crippen molar-refractivity contribution in [3.05, 3.63) is 0 Å².